The summed E-state index contributed by atoms with van der Waals surface area (Å²) in [6.45, 7) is 5.47. The van der Waals surface area contributed by atoms with Crippen LogP contribution in [0.5, 0.6) is 0 Å². The lowest BCUT2D eigenvalue weighted by molar-refractivity contribution is 0.262. The number of pyridine rings is 1. The van der Waals surface area contributed by atoms with Gasteiger partial charge in [0, 0.05) is 17.9 Å². The highest BCUT2D eigenvalue weighted by atomic mass is 14.9. The van der Waals surface area contributed by atoms with Gasteiger partial charge in [-0.15, -0.1) is 0 Å². The molecular weight excluding hydrogens is 220 g/mol. The van der Waals surface area contributed by atoms with Crippen LogP contribution in [0, 0.1) is 5.92 Å². The summed E-state index contributed by atoms with van der Waals surface area (Å²) < 4.78 is 0. The van der Waals surface area contributed by atoms with Gasteiger partial charge in [-0.05, 0) is 49.8 Å². The van der Waals surface area contributed by atoms with Crippen LogP contribution in [0.4, 0.5) is 0 Å². The molecule has 1 aromatic heterocycles. The number of hydrogen-bond donors (Lipinski definition) is 1. The zero-order chi connectivity index (χ0) is 12.8. The van der Waals surface area contributed by atoms with Crippen LogP contribution in [0.15, 0.2) is 18.3 Å². The van der Waals surface area contributed by atoms with Crippen molar-refractivity contribution >= 4 is 0 Å². The zero-order valence-corrected chi connectivity index (χ0v) is 11.8. The molecule has 0 amide bonds. The van der Waals surface area contributed by atoms with E-state index < -0.39 is 0 Å². The number of aromatic nitrogens is 1. The van der Waals surface area contributed by atoms with E-state index in [0.717, 1.165) is 25.3 Å². The average molecular weight is 246 g/mol. The maximum Gasteiger partial charge on any atom is 0.0407 e. The second-order valence-corrected chi connectivity index (χ2v) is 5.42. The molecule has 1 fully saturated rings. The van der Waals surface area contributed by atoms with E-state index in [2.05, 4.69) is 36.3 Å². The lowest BCUT2D eigenvalue weighted by Gasteiger charge is -2.32. The van der Waals surface area contributed by atoms with E-state index in [1.165, 1.54) is 36.9 Å². The highest BCUT2D eigenvalue weighted by Crippen LogP contribution is 2.27. The van der Waals surface area contributed by atoms with Gasteiger partial charge in [-0.2, -0.15) is 0 Å². The molecule has 100 valence electrons. The van der Waals surface area contributed by atoms with Crippen LogP contribution in [0.1, 0.15) is 50.8 Å². The number of nitrogens with zero attached hydrogens (tertiary/aromatic N) is 1. The van der Waals surface area contributed by atoms with E-state index in [9.17, 15) is 0 Å². The predicted octanol–water partition coefficient (Wildman–Crippen LogP) is 3.35. The van der Waals surface area contributed by atoms with Crippen molar-refractivity contribution in [2.75, 3.05) is 6.54 Å². The number of aryl methyl sites for hydroxylation is 1. The Morgan fingerprint density at radius 2 is 2.06 bits per heavy atom. The van der Waals surface area contributed by atoms with Gasteiger partial charge >= 0.3 is 0 Å². The fraction of sp³-hybridized carbons (Fsp3) is 0.688. The second-order valence-electron chi connectivity index (χ2n) is 5.42. The second kappa shape index (κ2) is 6.89. The molecule has 1 heterocycles. The summed E-state index contributed by atoms with van der Waals surface area (Å²) >= 11 is 0. The number of nitrogens with one attached hydrogen (secondary N) is 1. The van der Waals surface area contributed by atoms with Gasteiger partial charge in [-0.1, -0.05) is 32.8 Å². The third-order valence-corrected chi connectivity index (χ3v) is 4.14. The molecule has 1 aliphatic rings. The number of rotatable bonds is 5. The van der Waals surface area contributed by atoms with Gasteiger partial charge < -0.3 is 5.32 Å². The van der Waals surface area contributed by atoms with Crippen LogP contribution in [0.25, 0.3) is 0 Å². The summed E-state index contributed by atoms with van der Waals surface area (Å²) in [5, 5.41) is 3.65. The molecule has 2 atom stereocenters. The summed E-state index contributed by atoms with van der Waals surface area (Å²) in [6, 6.07) is 5.15. The largest absolute Gasteiger partial charge is 0.314 e. The van der Waals surface area contributed by atoms with Crippen molar-refractivity contribution in [1.29, 1.82) is 0 Å². The topological polar surface area (TPSA) is 24.9 Å². The normalized spacial score (nSPS) is 24.1. The van der Waals surface area contributed by atoms with E-state index in [-0.39, 0.29) is 0 Å². The average Bonchev–Trinajstić information content (AvgIpc) is 2.42. The molecule has 2 heteroatoms. The van der Waals surface area contributed by atoms with Crippen LogP contribution in [0.3, 0.4) is 0 Å². The zero-order valence-electron chi connectivity index (χ0n) is 11.8. The Bertz CT molecular complexity index is 343. The van der Waals surface area contributed by atoms with Gasteiger partial charge in [0.25, 0.3) is 0 Å². The molecule has 0 aromatic carbocycles. The van der Waals surface area contributed by atoms with Crippen molar-refractivity contribution in [3.8, 4) is 0 Å². The first-order chi connectivity index (χ1) is 8.83. The van der Waals surface area contributed by atoms with Crippen molar-refractivity contribution in [3.05, 3.63) is 29.6 Å². The maximum absolute atomic E-state index is 4.61. The molecule has 1 aromatic rings. The van der Waals surface area contributed by atoms with E-state index in [1.807, 2.05) is 6.20 Å². The van der Waals surface area contributed by atoms with Crippen LogP contribution < -0.4 is 5.32 Å². The Kier molecular flexibility index (Phi) is 5.18. The molecule has 0 radical (unpaired) electrons. The van der Waals surface area contributed by atoms with E-state index in [1.54, 1.807) is 0 Å². The van der Waals surface area contributed by atoms with Gasteiger partial charge in [0.15, 0.2) is 0 Å². The molecule has 1 N–H and O–H groups in total. The summed E-state index contributed by atoms with van der Waals surface area (Å²) in [5.74, 6) is 0.777. The summed E-state index contributed by atoms with van der Waals surface area (Å²) in [6.07, 6.45) is 9.73. The van der Waals surface area contributed by atoms with Gasteiger partial charge in [-0.25, -0.2) is 0 Å². The molecule has 0 bridgehead atoms. The maximum atomic E-state index is 4.61. The van der Waals surface area contributed by atoms with Crippen LogP contribution in [-0.2, 0) is 12.8 Å². The van der Waals surface area contributed by atoms with E-state index in [0.29, 0.717) is 6.04 Å². The highest BCUT2D eigenvalue weighted by Gasteiger charge is 2.24. The molecule has 2 unspecified atom stereocenters. The molecule has 1 aliphatic carbocycles. The first kappa shape index (κ1) is 13.5. The third kappa shape index (κ3) is 3.55. The Morgan fingerprint density at radius 3 is 2.72 bits per heavy atom. The van der Waals surface area contributed by atoms with Crippen molar-refractivity contribution in [3.63, 3.8) is 0 Å². The fourth-order valence-electron chi connectivity index (χ4n) is 3.04. The van der Waals surface area contributed by atoms with E-state index >= 15 is 0 Å². The molecule has 1 saturated carbocycles. The van der Waals surface area contributed by atoms with Gasteiger partial charge in [-0.3, -0.25) is 4.98 Å². The molecule has 0 spiro atoms. The highest BCUT2D eigenvalue weighted by molar-refractivity contribution is 5.14. The summed E-state index contributed by atoms with van der Waals surface area (Å²) in [5.41, 5.74) is 2.60. The Morgan fingerprint density at radius 1 is 1.22 bits per heavy atom. The first-order valence-corrected chi connectivity index (χ1v) is 7.50. The summed E-state index contributed by atoms with van der Waals surface area (Å²) in [7, 11) is 0. The van der Waals surface area contributed by atoms with Crippen molar-refractivity contribution in [1.82, 2.24) is 10.3 Å². The van der Waals surface area contributed by atoms with Crippen LogP contribution in [0.2, 0.25) is 0 Å². The Balaban J connectivity index is 1.96. The summed E-state index contributed by atoms with van der Waals surface area (Å²) in [4.78, 5) is 4.61. The van der Waals surface area contributed by atoms with Gasteiger partial charge in [0.2, 0.25) is 0 Å². The molecule has 0 saturated heterocycles. The van der Waals surface area contributed by atoms with Crippen LogP contribution >= 0.6 is 0 Å². The molecule has 2 rings (SSSR count). The number of hydrogen-bond acceptors (Lipinski definition) is 2. The van der Waals surface area contributed by atoms with Crippen LogP contribution in [-0.4, -0.2) is 17.6 Å². The lowest BCUT2D eigenvalue weighted by atomic mass is 9.81. The first-order valence-electron chi connectivity index (χ1n) is 7.50. The quantitative estimate of drug-likeness (QED) is 0.861. The Labute approximate surface area is 111 Å². The molecule has 0 aliphatic heterocycles. The third-order valence-electron chi connectivity index (χ3n) is 4.14. The predicted molar refractivity (Wildman–Crippen MR) is 76.7 cm³/mol. The van der Waals surface area contributed by atoms with E-state index in [4.69, 9.17) is 0 Å². The van der Waals surface area contributed by atoms with Gasteiger partial charge in [0.1, 0.15) is 0 Å². The minimum absolute atomic E-state index is 0.705. The fourth-order valence-corrected chi connectivity index (χ4v) is 3.04. The standard InChI is InChI=1S/C16H26N2/c1-3-13-9-10-15(18-12-13)11-14-7-5-6-8-16(14)17-4-2/h9-10,12,14,16-17H,3-8,11H2,1-2H3. The molecule has 2 nitrogen and oxygen atoms in total. The smallest absolute Gasteiger partial charge is 0.0407 e. The molecule has 18 heavy (non-hydrogen) atoms. The van der Waals surface area contributed by atoms with Crippen molar-refractivity contribution in [2.24, 2.45) is 5.92 Å². The minimum atomic E-state index is 0.705. The molecular formula is C16H26N2. The monoisotopic (exact) mass is 246 g/mol. The van der Waals surface area contributed by atoms with Crippen molar-refractivity contribution in [2.45, 2.75) is 58.4 Å². The minimum Gasteiger partial charge on any atom is -0.314 e. The SMILES string of the molecule is CCNC1CCCCC1Cc1ccc(CC)cn1. The Hall–Kier alpha value is -0.890. The van der Waals surface area contributed by atoms with Crippen molar-refractivity contribution < 1.29 is 0 Å². The lowest BCUT2D eigenvalue weighted by Crippen LogP contribution is -2.39. The van der Waals surface area contributed by atoms with Gasteiger partial charge in [0.05, 0.1) is 0 Å².